The molecule has 2 amide bonds. The van der Waals surface area contributed by atoms with E-state index in [0.717, 1.165) is 18.4 Å². The topological polar surface area (TPSA) is 67.4 Å². The maximum atomic E-state index is 12.8. The summed E-state index contributed by atoms with van der Waals surface area (Å²) in [5, 5.41) is 5.68. The molecule has 2 aromatic carbocycles. The number of para-hydroxylation sites is 1. The van der Waals surface area contributed by atoms with Gasteiger partial charge in [-0.3, -0.25) is 9.59 Å². The smallest absolute Gasteiger partial charge is 0.228 e. The highest BCUT2D eigenvalue weighted by molar-refractivity contribution is 6.01. The van der Waals surface area contributed by atoms with Gasteiger partial charge in [0.1, 0.15) is 11.6 Å². The number of nitrogens with one attached hydrogen (secondary N) is 2. The number of unbranched alkanes of at least 4 members (excludes halogenated alkanes) is 1. The summed E-state index contributed by atoms with van der Waals surface area (Å²) in [7, 11) is 0. The molecule has 3 rings (SSSR count). The van der Waals surface area contributed by atoms with Crippen molar-refractivity contribution >= 4 is 17.5 Å². The SMILES string of the molecule is O=C1CC(C(=O)NCCCCOc2ccc(F)cc2)c2ccccc2N1. The molecule has 0 saturated carbocycles. The molecular weight excluding hydrogens is 335 g/mol. The Morgan fingerprint density at radius 2 is 1.92 bits per heavy atom. The predicted octanol–water partition coefficient (Wildman–Crippen LogP) is 3.23. The minimum atomic E-state index is -0.449. The van der Waals surface area contributed by atoms with Crippen LogP contribution >= 0.6 is 0 Å². The molecule has 0 radical (unpaired) electrons. The lowest BCUT2D eigenvalue weighted by Crippen LogP contribution is -2.35. The number of halogens is 1. The summed E-state index contributed by atoms with van der Waals surface area (Å²) in [6.45, 7) is 1.02. The lowest BCUT2D eigenvalue weighted by Gasteiger charge is -2.24. The van der Waals surface area contributed by atoms with E-state index >= 15 is 0 Å². The first-order valence-electron chi connectivity index (χ1n) is 8.68. The molecule has 0 bridgehead atoms. The van der Waals surface area contributed by atoms with E-state index in [-0.39, 0.29) is 24.1 Å². The Bertz CT molecular complexity index is 777. The fourth-order valence-corrected chi connectivity index (χ4v) is 2.93. The summed E-state index contributed by atoms with van der Waals surface area (Å²) in [5.41, 5.74) is 1.56. The molecule has 6 heteroatoms. The third-order valence-electron chi connectivity index (χ3n) is 4.27. The molecule has 1 unspecified atom stereocenters. The van der Waals surface area contributed by atoms with Crippen LogP contribution in [0.15, 0.2) is 48.5 Å². The standard InChI is InChI=1S/C20H21FN2O3/c21-14-7-9-15(10-8-14)26-12-4-3-11-22-20(25)17-13-19(24)23-18-6-2-1-5-16(17)18/h1-2,5-10,17H,3-4,11-13H2,(H,22,25)(H,23,24). The van der Waals surface area contributed by atoms with Crippen LogP contribution in [0, 0.1) is 5.82 Å². The number of anilines is 1. The van der Waals surface area contributed by atoms with E-state index in [2.05, 4.69) is 10.6 Å². The Kier molecular flexibility index (Phi) is 5.84. The Balaban J connectivity index is 1.40. The third kappa shape index (κ3) is 4.59. The summed E-state index contributed by atoms with van der Waals surface area (Å²) in [4.78, 5) is 24.2. The number of fused-ring (bicyclic) bond motifs is 1. The van der Waals surface area contributed by atoms with E-state index in [1.54, 1.807) is 18.2 Å². The first-order valence-corrected chi connectivity index (χ1v) is 8.68. The molecule has 1 aliphatic rings. The molecular formula is C20H21FN2O3. The molecule has 0 spiro atoms. The second-order valence-electron chi connectivity index (χ2n) is 6.19. The number of carbonyl (C=O) groups excluding carboxylic acids is 2. The van der Waals surface area contributed by atoms with Crippen molar-refractivity contribution in [3.8, 4) is 5.75 Å². The molecule has 0 aliphatic carbocycles. The average Bonchev–Trinajstić information content (AvgIpc) is 2.65. The lowest BCUT2D eigenvalue weighted by molar-refractivity contribution is -0.126. The molecule has 1 aliphatic heterocycles. The normalized spacial score (nSPS) is 15.7. The van der Waals surface area contributed by atoms with Gasteiger partial charge in [0, 0.05) is 18.7 Å². The Labute approximate surface area is 151 Å². The summed E-state index contributed by atoms with van der Waals surface area (Å²) in [6, 6.07) is 13.3. The maximum absolute atomic E-state index is 12.8. The van der Waals surface area contributed by atoms with Gasteiger partial charge in [-0.2, -0.15) is 0 Å². The van der Waals surface area contributed by atoms with Crippen LogP contribution in [0.2, 0.25) is 0 Å². The van der Waals surface area contributed by atoms with Crippen LogP contribution in [0.5, 0.6) is 5.75 Å². The van der Waals surface area contributed by atoms with Crippen molar-refractivity contribution in [2.75, 3.05) is 18.5 Å². The van der Waals surface area contributed by atoms with Crippen molar-refractivity contribution in [2.45, 2.75) is 25.2 Å². The summed E-state index contributed by atoms with van der Waals surface area (Å²) in [5.74, 6) is -0.392. The molecule has 26 heavy (non-hydrogen) atoms. The van der Waals surface area contributed by atoms with Crippen LogP contribution in [-0.4, -0.2) is 25.0 Å². The van der Waals surface area contributed by atoms with Crippen LogP contribution in [0.25, 0.3) is 0 Å². The highest BCUT2D eigenvalue weighted by Gasteiger charge is 2.29. The molecule has 2 N–H and O–H groups in total. The van der Waals surface area contributed by atoms with Gasteiger partial charge in [-0.15, -0.1) is 0 Å². The number of rotatable bonds is 7. The van der Waals surface area contributed by atoms with E-state index in [1.165, 1.54) is 12.1 Å². The Hall–Kier alpha value is -2.89. The second kappa shape index (κ2) is 8.47. The fraction of sp³-hybridized carbons (Fsp3) is 0.300. The number of amides is 2. The van der Waals surface area contributed by atoms with Crippen molar-refractivity contribution in [1.82, 2.24) is 5.32 Å². The van der Waals surface area contributed by atoms with Gasteiger partial charge >= 0.3 is 0 Å². The van der Waals surface area contributed by atoms with Crippen molar-refractivity contribution in [1.29, 1.82) is 0 Å². The van der Waals surface area contributed by atoms with Crippen LogP contribution in [0.1, 0.15) is 30.7 Å². The van der Waals surface area contributed by atoms with Gasteiger partial charge in [0.15, 0.2) is 0 Å². The molecule has 0 aromatic heterocycles. The van der Waals surface area contributed by atoms with E-state index in [4.69, 9.17) is 4.74 Å². The molecule has 0 fully saturated rings. The Morgan fingerprint density at radius 3 is 2.73 bits per heavy atom. The van der Waals surface area contributed by atoms with Gasteiger partial charge in [0.2, 0.25) is 11.8 Å². The van der Waals surface area contributed by atoms with Crippen LogP contribution in [-0.2, 0) is 9.59 Å². The summed E-state index contributed by atoms with van der Waals surface area (Å²) < 4.78 is 18.3. The summed E-state index contributed by atoms with van der Waals surface area (Å²) >= 11 is 0. The first-order chi connectivity index (χ1) is 12.6. The van der Waals surface area contributed by atoms with Crippen molar-refractivity contribution < 1.29 is 18.7 Å². The van der Waals surface area contributed by atoms with Crippen LogP contribution in [0.4, 0.5) is 10.1 Å². The van der Waals surface area contributed by atoms with Crippen LogP contribution < -0.4 is 15.4 Å². The average molecular weight is 356 g/mol. The van der Waals surface area contributed by atoms with Gasteiger partial charge in [-0.25, -0.2) is 4.39 Å². The third-order valence-corrected chi connectivity index (χ3v) is 4.27. The largest absolute Gasteiger partial charge is 0.494 e. The zero-order chi connectivity index (χ0) is 18.4. The van der Waals surface area contributed by atoms with Crippen molar-refractivity contribution in [2.24, 2.45) is 0 Å². The zero-order valence-electron chi connectivity index (χ0n) is 14.3. The molecule has 2 aromatic rings. The molecule has 1 heterocycles. The van der Waals surface area contributed by atoms with Crippen LogP contribution in [0.3, 0.4) is 0 Å². The summed E-state index contributed by atoms with van der Waals surface area (Å²) in [6.07, 6.45) is 1.68. The first kappa shape index (κ1) is 17.9. The quantitative estimate of drug-likeness (QED) is 0.749. The number of hydrogen-bond donors (Lipinski definition) is 2. The molecule has 1 atom stereocenters. The predicted molar refractivity (Wildman–Crippen MR) is 96.6 cm³/mol. The number of benzene rings is 2. The number of ether oxygens (including phenoxy) is 1. The van der Waals surface area contributed by atoms with Gasteiger partial charge in [0.05, 0.1) is 12.5 Å². The van der Waals surface area contributed by atoms with E-state index in [0.29, 0.717) is 24.6 Å². The monoisotopic (exact) mass is 356 g/mol. The molecule has 0 saturated heterocycles. The molecule has 136 valence electrons. The molecule has 5 nitrogen and oxygen atoms in total. The number of hydrogen-bond acceptors (Lipinski definition) is 3. The zero-order valence-corrected chi connectivity index (χ0v) is 14.3. The highest BCUT2D eigenvalue weighted by Crippen LogP contribution is 2.31. The number of carbonyl (C=O) groups is 2. The van der Waals surface area contributed by atoms with Crippen molar-refractivity contribution in [3.63, 3.8) is 0 Å². The van der Waals surface area contributed by atoms with Gasteiger partial charge in [-0.05, 0) is 48.7 Å². The Morgan fingerprint density at radius 1 is 1.15 bits per heavy atom. The minimum absolute atomic E-state index is 0.133. The van der Waals surface area contributed by atoms with Gasteiger partial charge in [0.25, 0.3) is 0 Å². The van der Waals surface area contributed by atoms with E-state index in [9.17, 15) is 14.0 Å². The van der Waals surface area contributed by atoms with Gasteiger partial charge in [-0.1, -0.05) is 18.2 Å². The maximum Gasteiger partial charge on any atom is 0.228 e. The fourth-order valence-electron chi connectivity index (χ4n) is 2.93. The second-order valence-corrected chi connectivity index (χ2v) is 6.19. The van der Waals surface area contributed by atoms with E-state index < -0.39 is 5.92 Å². The van der Waals surface area contributed by atoms with Crippen molar-refractivity contribution in [3.05, 3.63) is 59.9 Å². The van der Waals surface area contributed by atoms with E-state index in [1.807, 2.05) is 18.2 Å². The minimum Gasteiger partial charge on any atom is -0.494 e. The lowest BCUT2D eigenvalue weighted by atomic mass is 9.90. The van der Waals surface area contributed by atoms with Gasteiger partial charge < -0.3 is 15.4 Å². The highest BCUT2D eigenvalue weighted by atomic mass is 19.1.